The van der Waals surface area contributed by atoms with E-state index in [0.29, 0.717) is 0 Å². The van der Waals surface area contributed by atoms with Gasteiger partial charge in [0.15, 0.2) is 0 Å². The maximum Gasteiger partial charge on any atom is 0.262 e. The van der Waals surface area contributed by atoms with E-state index in [1.807, 2.05) is 0 Å². The number of sulfone groups is 1. The van der Waals surface area contributed by atoms with Crippen molar-refractivity contribution < 1.29 is 22.8 Å². The molecular weight excluding hydrogens is 439 g/mol. The largest absolute Gasteiger partial charge is 0.324 e. The third-order valence-corrected chi connectivity index (χ3v) is 5.75. The Bertz CT molecular complexity index is 1060. The average Bonchev–Trinajstić information content (AvgIpc) is 2.86. The third-order valence-electron chi connectivity index (χ3n) is 4.33. The van der Waals surface area contributed by atoms with Crippen LogP contribution in [0.1, 0.15) is 27.1 Å². The molecule has 0 fully saturated rings. The second-order valence-electron chi connectivity index (χ2n) is 6.61. The molecule has 1 N–H and O–H groups in total. The predicted octanol–water partition coefficient (Wildman–Crippen LogP) is 3.03. The molecule has 2 aromatic rings. The Labute approximate surface area is 177 Å². The number of carbonyl (C=O) groups excluding carboxylic acids is 3. The summed E-state index contributed by atoms with van der Waals surface area (Å²) in [7, 11) is -3.44. The first kappa shape index (κ1) is 21.3. The number of amides is 3. The number of fused-ring (bicyclic) bond motifs is 1. The summed E-state index contributed by atoms with van der Waals surface area (Å²) in [6, 6.07) is 9.22. The second kappa shape index (κ2) is 8.14. The monoisotopic (exact) mass is 454 g/mol. The molecule has 29 heavy (non-hydrogen) atoms. The van der Waals surface area contributed by atoms with Crippen LogP contribution in [0, 0.1) is 0 Å². The standard InChI is InChI=1S/C19H16Cl2N2O5S/c1-29(27,28)7-6-16(17(24)22-13-9-11(20)8-12(21)10-13)23-18(25)14-4-2-3-5-15(14)19(23)26/h2-5,8-10,16H,6-7H2,1H3,(H,22,24). The Morgan fingerprint density at radius 2 is 1.55 bits per heavy atom. The molecule has 1 aliphatic heterocycles. The van der Waals surface area contributed by atoms with Crippen molar-refractivity contribution in [3.05, 3.63) is 63.6 Å². The molecule has 10 heteroatoms. The molecule has 0 bridgehead atoms. The average molecular weight is 455 g/mol. The van der Waals surface area contributed by atoms with E-state index in [9.17, 15) is 22.8 Å². The fourth-order valence-electron chi connectivity index (χ4n) is 3.05. The molecule has 1 heterocycles. The number of nitrogens with one attached hydrogen (secondary N) is 1. The number of hydrogen-bond donors (Lipinski definition) is 1. The lowest BCUT2D eigenvalue weighted by Crippen LogP contribution is -2.48. The maximum atomic E-state index is 12.9. The van der Waals surface area contributed by atoms with Gasteiger partial charge in [-0.05, 0) is 36.8 Å². The van der Waals surface area contributed by atoms with Gasteiger partial charge in [-0.2, -0.15) is 0 Å². The fourth-order valence-corrected chi connectivity index (χ4v) is 4.22. The van der Waals surface area contributed by atoms with Gasteiger partial charge in [-0.3, -0.25) is 19.3 Å². The molecule has 1 aliphatic rings. The van der Waals surface area contributed by atoms with Crippen molar-refractivity contribution in [2.75, 3.05) is 17.3 Å². The number of nitrogens with zero attached hydrogens (tertiary/aromatic N) is 1. The summed E-state index contributed by atoms with van der Waals surface area (Å²) < 4.78 is 23.3. The lowest BCUT2D eigenvalue weighted by Gasteiger charge is -2.25. The van der Waals surface area contributed by atoms with E-state index >= 15 is 0 Å². The fraction of sp³-hybridized carbons (Fsp3) is 0.211. The van der Waals surface area contributed by atoms with Gasteiger partial charge in [0.1, 0.15) is 15.9 Å². The first-order valence-electron chi connectivity index (χ1n) is 8.48. The van der Waals surface area contributed by atoms with Crippen LogP contribution in [0.5, 0.6) is 0 Å². The highest BCUT2D eigenvalue weighted by atomic mass is 35.5. The minimum atomic E-state index is -3.44. The van der Waals surface area contributed by atoms with Crippen LogP contribution in [0.25, 0.3) is 0 Å². The van der Waals surface area contributed by atoms with Crippen LogP contribution in [-0.4, -0.2) is 49.1 Å². The van der Waals surface area contributed by atoms with E-state index in [-0.39, 0.29) is 39.0 Å². The second-order valence-corrected chi connectivity index (χ2v) is 9.74. The molecule has 0 spiro atoms. The zero-order valence-electron chi connectivity index (χ0n) is 15.2. The van der Waals surface area contributed by atoms with Gasteiger partial charge in [-0.15, -0.1) is 0 Å². The van der Waals surface area contributed by atoms with Crippen LogP contribution in [-0.2, 0) is 14.6 Å². The van der Waals surface area contributed by atoms with Crippen molar-refractivity contribution in [3.63, 3.8) is 0 Å². The minimum absolute atomic E-state index is 0.167. The summed E-state index contributed by atoms with van der Waals surface area (Å²) in [5, 5.41) is 3.11. The number of hydrogen-bond acceptors (Lipinski definition) is 5. The molecular formula is C19H16Cl2N2O5S. The van der Waals surface area contributed by atoms with Gasteiger partial charge in [0.2, 0.25) is 5.91 Å². The van der Waals surface area contributed by atoms with Crippen molar-refractivity contribution in [1.82, 2.24) is 4.90 Å². The highest BCUT2D eigenvalue weighted by molar-refractivity contribution is 7.90. The number of carbonyl (C=O) groups is 3. The van der Waals surface area contributed by atoms with Crippen LogP contribution in [0.4, 0.5) is 5.69 Å². The molecule has 0 radical (unpaired) electrons. The molecule has 0 saturated carbocycles. The number of benzene rings is 2. The van der Waals surface area contributed by atoms with Crippen molar-refractivity contribution >= 4 is 56.4 Å². The summed E-state index contributed by atoms with van der Waals surface area (Å²) in [4.78, 5) is 39.3. The molecule has 0 aromatic heterocycles. The van der Waals surface area contributed by atoms with E-state index in [1.54, 1.807) is 12.1 Å². The van der Waals surface area contributed by atoms with Crippen LogP contribution < -0.4 is 5.32 Å². The molecule has 3 rings (SSSR count). The molecule has 0 aliphatic carbocycles. The van der Waals surface area contributed by atoms with Gasteiger partial charge in [-0.25, -0.2) is 8.42 Å². The van der Waals surface area contributed by atoms with E-state index in [1.165, 1.54) is 30.3 Å². The van der Waals surface area contributed by atoms with Gasteiger partial charge in [0, 0.05) is 22.0 Å². The van der Waals surface area contributed by atoms with Crippen LogP contribution in [0.2, 0.25) is 10.0 Å². The summed E-state index contributed by atoms with van der Waals surface area (Å²) in [5.74, 6) is -2.40. The number of imide groups is 1. The van der Waals surface area contributed by atoms with Crippen molar-refractivity contribution in [2.45, 2.75) is 12.5 Å². The Hall–Kier alpha value is -2.42. The Morgan fingerprint density at radius 3 is 2.03 bits per heavy atom. The molecule has 7 nitrogen and oxygen atoms in total. The van der Waals surface area contributed by atoms with Gasteiger partial charge < -0.3 is 5.32 Å². The summed E-state index contributed by atoms with van der Waals surface area (Å²) in [6.07, 6.45) is 0.769. The number of halogens is 2. The Balaban J connectivity index is 1.93. The minimum Gasteiger partial charge on any atom is -0.324 e. The molecule has 0 saturated heterocycles. The maximum absolute atomic E-state index is 12.9. The quantitative estimate of drug-likeness (QED) is 0.675. The van der Waals surface area contributed by atoms with Gasteiger partial charge >= 0.3 is 0 Å². The highest BCUT2D eigenvalue weighted by Gasteiger charge is 2.42. The molecule has 3 amide bonds. The molecule has 1 atom stereocenters. The smallest absolute Gasteiger partial charge is 0.262 e. The molecule has 152 valence electrons. The van der Waals surface area contributed by atoms with E-state index in [0.717, 1.165) is 11.2 Å². The van der Waals surface area contributed by atoms with Crippen molar-refractivity contribution in [2.24, 2.45) is 0 Å². The highest BCUT2D eigenvalue weighted by Crippen LogP contribution is 2.27. The normalized spacial score (nSPS) is 14.7. The van der Waals surface area contributed by atoms with Gasteiger partial charge in [0.25, 0.3) is 11.8 Å². The number of rotatable bonds is 6. The number of anilines is 1. The van der Waals surface area contributed by atoms with Crippen LogP contribution >= 0.6 is 23.2 Å². The van der Waals surface area contributed by atoms with E-state index in [4.69, 9.17) is 23.2 Å². The summed E-state index contributed by atoms with van der Waals surface area (Å²) in [6.45, 7) is 0. The van der Waals surface area contributed by atoms with Crippen molar-refractivity contribution in [3.8, 4) is 0 Å². The van der Waals surface area contributed by atoms with E-state index in [2.05, 4.69) is 5.32 Å². The lowest BCUT2D eigenvalue weighted by atomic mass is 10.1. The van der Waals surface area contributed by atoms with Crippen LogP contribution in [0.15, 0.2) is 42.5 Å². The van der Waals surface area contributed by atoms with Gasteiger partial charge in [-0.1, -0.05) is 35.3 Å². The SMILES string of the molecule is CS(=O)(=O)CCC(C(=O)Nc1cc(Cl)cc(Cl)c1)N1C(=O)c2ccccc2C1=O. The Morgan fingerprint density at radius 1 is 1.03 bits per heavy atom. The molecule has 1 unspecified atom stereocenters. The zero-order chi connectivity index (χ0) is 21.3. The topological polar surface area (TPSA) is 101 Å². The Kier molecular flexibility index (Phi) is 5.97. The van der Waals surface area contributed by atoms with Crippen molar-refractivity contribution in [1.29, 1.82) is 0 Å². The lowest BCUT2D eigenvalue weighted by molar-refractivity contribution is -0.120. The van der Waals surface area contributed by atoms with Crippen LogP contribution in [0.3, 0.4) is 0 Å². The third kappa shape index (κ3) is 4.77. The molecule has 2 aromatic carbocycles. The predicted molar refractivity (Wildman–Crippen MR) is 110 cm³/mol. The summed E-state index contributed by atoms with van der Waals surface area (Å²) in [5.41, 5.74) is 0.592. The zero-order valence-corrected chi connectivity index (χ0v) is 17.5. The first-order chi connectivity index (χ1) is 13.6. The summed E-state index contributed by atoms with van der Waals surface area (Å²) >= 11 is 11.9. The van der Waals surface area contributed by atoms with Gasteiger partial charge in [0.05, 0.1) is 16.9 Å². The first-order valence-corrected chi connectivity index (χ1v) is 11.3. The van der Waals surface area contributed by atoms with E-state index < -0.39 is 33.6 Å².